The number of rotatable bonds is 4. The molecule has 0 N–H and O–H groups in total. The normalized spacial score (nSPS) is 10.2. The Morgan fingerprint density at radius 1 is 1.67 bits per heavy atom. The van der Waals surface area contributed by atoms with Gasteiger partial charge in [0.15, 0.2) is 5.78 Å². The van der Waals surface area contributed by atoms with E-state index in [0.29, 0.717) is 13.0 Å². The Hall–Kier alpha value is -1.12. The van der Waals surface area contributed by atoms with Gasteiger partial charge in [-0.3, -0.25) is 9.48 Å². The van der Waals surface area contributed by atoms with Crippen molar-refractivity contribution in [2.75, 3.05) is 0 Å². The van der Waals surface area contributed by atoms with E-state index in [1.807, 2.05) is 26.1 Å². The topological polar surface area (TPSA) is 34.9 Å². The van der Waals surface area contributed by atoms with Gasteiger partial charge in [0.1, 0.15) is 0 Å². The number of aryl methyl sites for hydroxylation is 1. The van der Waals surface area contributed by atoms with E-state index in [9.17, 15) is 4.79 Å². The second-order valence-corrected chi connectivity index (χ2v) is 2.94. The van der Waals surface area contributed by atoms with Gasteiger partial charge in [0.25, 0.3) is 0 Å². The molecule has 0 fully saturated rings. The quantitative estimate of drug-likeness (QED) is 0.680. The van der Waals surface area contributed by atoms with Crippen molar-refractivity contribution in [2.24, 2.45) is 0 Å². The monoisotopic (exact) mass is 166 g/mol. The lowest BCUT2D eigenvalue weighted by Gasteiger charge is -1.98. The van der Waals surface area contributed by atoms with Gasteiger partial charge < -0.3 is 0 Å². The van der Waals surface area contributed by atoms with Crippen molar-refractivity contribution in [3.05, 3.63) is 18.0 Å². The highest BCUT2D eigenvalue weighted by Crippen LogP contribution is 1.96. The molecule has 0 radical (unpaired) electrons. The van der Waals surface area contributed by atoms with Crippen LogP contribution in [0.15, 0.2) is 12.3 Å². The number of aromatic nitrogens is 2. The summed E-state index contributed by atoms with van der Waals surface area (Å²) in [7, 11) is 0. The lowest BCUT2D eigenvalue weighted by atomic mass is 10.2. The number of ketones is 1. The predicted octanol–water partition coefficient (Wildman–Crippen LogP) is 1.56. The van der Waals surface area contributed by atoms with Gasteiger partial charge in [-0.15, -0.1) is 0 Å². The molecule has 0 aliphatic heterocycles. The molecule has 1 aromatic rings. The molecule has 0 aromatic carbocycles. The average Bonchev–Trinajstić information content (AvgIpc) is 2.36. The molecule has 3 nitrogen and oxygen atoms in total. The summed E-state index contributed by atoms with van der Waals surface area (Å²) in [5, 5.41) is 4.13. The maximum Gasteiger partial charge on any atom is 0.154 e. The van der Waals surface area contributed by atoms with E-state index in [1.165, 1.54) is 0 Å². The van der Waals surface area contributed by atoms with Crippen LogP contribution < -0.4 is 0 Å². The summed E-state index contributed by atoms with van der Waals surface area (Å²) in [6, 6.07) is 1.90. The molecule has 0 saturated heterocycles. The summed E-state index contributed by atoms with van der Waals surface area (Å²) in [5.41, 5.74) is 0.958. The molecule has 0 unspecified atom stereocenters. The summed E-state index contributed by atoms with van der Waals surface area (Å²) in [5.74, 6) is 0.251. The highest BCUT2D eigenvalue weighted by molar-refractivity contribution is 5.77. The van der Waals surface area contributed by atoms with Crippen LogP contribution >= 0.6 is 0 Å². The zero-order valence-corrected chi connectivity index (χ0v) is 7.58. The van der Waals surface area contributed by atoms with Crippen molar-refractivity contribution < 1.29 is 4.79 Å². The SMILES string of the molecule is CCCC(=O)Cn1ccc(C)n1. The maximum atomic E-state index is 11.2. The van der Waals surface area contributed by atoms with Crippen molar-refractivity contribution in [1.82, 2.24) is 9.78 Å². The number of nitrogens with zero attached hydrogens (tertiary/aromatic N) is 2. The summed E-state index contributed by atoms with van der Waals surface area (Å²) in [6.07, 6.45) is 3.40. The fourth-order valence-electron chi connectivity index (χ4n) is 1.09. The lowest BCUT2D eigenvalue weighted by Crippen LogP contribution is -2.09. The third kappa shape index (κ3) is 2.49. The Morgan fingerprint density at radius 3 is 2.92 bits per heavy atom. The molecule has 0 aliphatic rings. The molecular weight excluding hydrogens is 152 g/mol. The molecule has 0 spiro atoms. The van der Waals surface area contributed by atoms with E-state index < -0.39 is 0 Å². The minimum atomic E-state index is 0.251. The molecule has 66 valence electrons. The van der Waals surface area contributed by atoms with Crippen molar-refractivity contribution in [3.63, 3.8) is 0 Å². The first kappa shape index (κ1) is 8.97. The second kappa shape index (κ2) is 4.04. The molecule has 0 amide bonds. The van der Waals surface area contributed by atoms with Gasteiger partial charge in [-0.1, -0.05) is 6.92 Å². The van der Waals surface area contributed by atoms with Crippen LogP contribution in [0.25, 0.3) is 0 Å². The van der Waals surface area contributed by atoms with Gasteiger partial charge >= 0.3 is 0 Å². The molecule has 0 bridgehead atoms. The first-order chi connectivity index (χ1) is 5.72. The Labute approximate surface area is 72.4 Å². The van der Waals surface area contributed by atoms with Crippen molar-refractivity contribution in [1.29, 1.82) is 0 Å². The number of carbonyl (C=O) groups is 1. The number of Topliss-reactive ketones (excluding diaryl/α,β-unsaturated/α-hetero) is 1. The molecule has 1 rings (SSSR count). The van der Waals surface area contributed by atoms with E-state index >= 15 is 0 Å². The van der Waals surface area contributed by atoms with E-state index in [4.69, 9.17) is 0 Å². The third-order valence-corrected chi connectivity index (χ3v) is 1.64. The largest absolute Gasteiger partial charge is 0.298 e. The van der Waals surface area contributed by atoms with E-state index in [0.717, 1.165) is 12.1 Å². The highest BCUT2D eigenvalue weighted by Gasteiger charge is 2.01. The van der Waals surface area contributed by atoms with Crippen LogP contribution in [0.4, 0.5) is 0 Å². The standard InChI is InChI=1S/C9H14N2O/c1-3-4-9(12)7-11-6-5-8(2)10-11/h5-6H,3-4,7H2,1-2H3. The molecule has 0 aliphatic carbocycles. The van der Waals surface area contributed by atoms with Gasteiger partial charge in [0.05, 0.1) is 12.2 Å². The van der Waals surface area contributed by atoms with Crippen molar-refractivity contribution in [3.8, 4) is 0 Å². The van der Waals surface area contributed by atoms with Crippen LogP contribution in [0.2, 0.25) is 0 Å². The molecule has 0 saturated carbocycles. The van der Waals surface area contributed by atoms with Crippen molar-refractivity contribution in [2.45, 2.75) is 33.2 Å². The predicted molar refractivity (Wildman–Crippen MR) is 46.9 cm³/mol. The molecule has 0 atom stereocenters. The Kier molecular flexibility index (Phi) is 3.02. The summed E-state index contributed by atoms with van der Waals surface area (Å²) in [6.45, 7) is 4.34. The average molecular weight is 166 g/mol. The highest BCUT2D eigenvalue weighted by atomic mass is 16.1. The fourth-order valence-corrected chi connectivity index (χ4v) is 1.09. The maximum absolute atomic E-state index is 11.2. The van der Waals surface area contributed by atoms with Gasteiger partial charge in [-0.25, -0.2) is 0 Å². The molecule has 12 heavy (non-hydrogen) atoms. The first-order valence-electron chi connectivity index (χ1n) is 4.24. The van der Waals surface area contributed by atoms with Gasteiger partial charge in [0, 0.05) is 12.6 Å². The van der Waals surface area contributed by atoms with Crippen LogP contribution in [-0.2, 0) is 11.3 Å². The zero-order chi connectivity index (χ0) is 8.97. The smallest absolute Gasteiger partial charge is 0.154 e. The minimum absolute atomic E-state index is 0.251. The Morgan fingerprint density at radius 2 is 2.42 bits per heavy atom. The summed E-state index contributed by atoms with van der Waals surface area (Å²) in [4.78, 5) is 11.2. The van der Waals surface area contributed by atoms with Crippen LogP contribution in [0.5, 0.6) is 0 Å². The fraction of sp³-hybridized carbons (Fsp3) is 0.556. The van der Waals surface area contributed by atoms with Gasteiger partial charge in [-0.05, 0) is 19.4 Å². The Balaban J connectivity index is 2.46. The number of hydrogen-bond acceptors (Lipinski definition) is 2. The zero-order valence-electron chi connectivity index (χ0n) is 7.58. The van der Waals surface area contributed by atoms with E-state index in [2.05, 4.69) is 5.10 Å². The number of hydrogen-bond donors (Lipinski definition) is 0. The van der Waals surface area contributed by atoms with Gasteiger partial charge in [0.2, 0.25) is 0 Å². The summed E-state index contributed by atoms with van der Waals surface area (Å²) >= 11 is 0. The minimum Gasteiger partial charge on any atom is -0.298 e. The van der Waals surface area contributed by atoms with E-state index in [1.54, 1.807) is 4.68 Å². The molecule has 1 heterocycles. The number of carbonyl (C=O) groups excluding carboxylic acids is 1. The van der Waals surface area contributed by atoms with E-state index in [-0.39, 0.29) is 5.78 Å². The van der Waals surface area contributed by atoms with Gasteiger partial charge in [-0.2, -0.15) is 5.10 Å². The van der Waals surface area contributed by atoms with Crippen molar-refractivity contribution >= 4 is 5.78 Å². The molecular formula is C9H14N2O. The Bertz CT molecular complexity index is 265. The van der Waals surface area contributed by atoms with Crippen LogP contribution in [0.3, 0.4) is 0 Å². The first-order valence-corrected chi connectivity index (χ1v) is 4.24. The van der Waals surface area contributed by atoms with Crippen LogP contribution in [0, 0.1) is 6.92 Å². The second-order valence-electron chi connectivity index (χ2n) is 2.94. The molecule has 3 heteroatoms. The van der Waals surface area contributed by atoms with Crippen LogP contribution in [0.1, 0.15) is 25.5 Å². The lowest BCUT2D eigenvalue weighted by molar-refractivity contribution is -0.119. The third-order valence-electron chi connectivity index (χ3n) is 1.64. The molecule has 1 aromatic heterocycles. The summed E-state index contributed by atoms with van der Waals surface area (Å²) < 4.78 is 1.69. The van der Waals surface area contributed by atoms with Crippen LogP contribution in [-0.4, -0.2) is 15.6 Å².